The van der Waals surface area contributed by atoms with Gasteiger partial charge in [-0.05, 0) is 36.5 Å². The van der Waals surface area contributed by atoms with Crippen LogP contribution in [0.5, 0.6) is 0 Å². The first-order valence-electron chi connectivity index (χ1n) is 14.1. The first kappa shape index (κ1) is 33.6. The molecule has 0 aromatic heterocycles. The largest absolute Gasteiger partial charge is 0.390 e. The maximum absolute atomic E-state index is 13.6. The van der Waals surface area contributed by atoms with Crippen LogP contribution in [0.2, 0.25) is 0 Å². The Morgan fingerprint density at radius 3 is 2.43 bits per heavy atom. The smallest absolute Gasteiger partial charge is 0.269 e. The quantitative estimate of drug-likeness (QED) is 0.204. The summed E-state index contributed by atoms with van der Waals surface area (Å²) in [5, 5.41) is 25.5. The first-order valence-corrected chi connectivity index (χ1v) is 15.5. The highest BCUT2D eigenvalue weighted by atomic mass is 32.2. The van der Waals surface area contributed by atoms with Crippen LogP contribution in [0.15, 0.2) is 59.5 Å². The van der Waals surface area contributed by atoms with Crippen molar-refractivity contribution in [2.75, 3.05) is 53.1 Å². The van der Waals surface area contributed by atoms with Crippen molar-refractivity contribution in [3.8, 4) is 0 Å². The first-order chi connectivity index (χ1) is 20.0. The Morgan fingerprint density at radius 1 is 1.17 bits per heavy atom. The van der Waals surface area contributed by atoms with Crippen LogP contribution in [0.1, 0.15) is 25.8 Å². The maximum Gasteiger partial charge on any atom is 0.269 e. The second kappa shape index (κ2) is 16.1. The fourth-order valence-electron chi connectivity index (χ4n) is 4.90. The van der Waals surface area contributed by atoms with Gasteiger partial charge in [-0.15, -0.1) is 0 Å². The predicted octanol–water partition coefficient (Wildman–Crippen LogP) is 2.07. The van der Waals surface area contributed by atoms with Crippen LogP contribution in [0.3, 0.4) is 0 Å². The van der Waals surface area contributed by atoms with Gasteiger partial charge in [0.1, 0.15) is 0 Å². The lowest BCUT2D eigenvalue weighted by Crippen LogP contribution is -2.53. The molecule has 0 radical (unpaired) electrons. The zero-order valence-corrected chi connectivity index (χ0v) is 25.2. The van der Waals surface area contributed by atoms with E-state index in [2.05, 4.69) is 5.32 Å². The molecule has 2 aromatic rings. The molecule has 0 bridgehead atoms. The minimum atomic E-state index is -4.11. The molecule has 1 aliphatic heterocycles. The number of benzene rings is 2. The number of aliphatic hydroxyl groups excluding tert-OH is 1. The summed E-state index contributed by atoms with van der Waals surface area (Å²) in [6.45, 7) is 5.76. The molecule has 42 heavy (non-hydrogen) atoms. The highest BCUT2D eigenvalue weighted by Gasteiger charge is 2.32. The van der Waals surface area contributed by atoms with Gasteiger partial charge in [0.05, 0.1) is 41.7 Å². The molecule has 232 valence electrons. The molecule has 1 amide bonds. The second-order valence-corrected chi connectivity index (χ2v) is 12.8. The molecular formula is C29H42N4O8S. The lowest BCUT2D eigenvalue weighted by Gasteiger charge is -2.32. The number of nitro benzene ring substituents is 1. The van der Waals surface area contributed by atoms with E-state index in [9.17, 15) is 28.4 Å². The van der Waals surface area contributed by atoms with Crippen LogP contribution < -0.4 is 5.32 Å². The minimum absolute atomic E-state index is 0.0739. The molecule has 2 N–H and O–H groups in total. The number of nitrogens with zero attached hydrogens (tertiary/aromatic N) is 3. The molecule has 0 aliphatic carbocycles. The van der Waals surface area contributed by atoms with E-state index in [1.165, 1.54) is 16.4 Å². The summed E-state index contributed by atoms with van der Waals surface area (Å²) in [6, 6.07) is 13.3. The van der Waals surface area contributed by atoms with Gasteiger partial charge in [-0.2, -0.15) is 4.31 Å². The Balaban J connectivity index is 1.82. The third-order valence-electron chi connectivity index (χ3n) is 7.11. The summed E-state index contributed by atoms with van der Waals surface area (Å²) in [6.07, 6.45) is -0.161. The van der Waals surface area contributed by atoms with Gasteiger partial charge in [0.15, 0.2) is 0 Å². The number of hydrogen-bond donors (Lipinski definition) is 2. The summed E-state index contributed by atoms with van der Waals surface area (Å²) >= 11 is 0. The van der Waals surface area contributed by atoms with E-state index in [0.29, 0.717) is 26.4 Å². The monoisotopic (exact) mass is 606 g/mol. The van der Waals surface area contributed by atoms with Gasteiger partial charge >= 0.3 is 0 Å². The number of hydrogen-bond acceptors (Lipinski definition) is 9. The maximum atomic E-state index is 13.6. The van der Waals surface area contributed by atoms with Crippen molar-refractivity contribution in [2.24, 2.45) is 5.92 Å². The number of methoxy groups -OCH3 is 1. The number of sulfonamides is 1. The Hall–Kier alpha value is -2.94. The molecule has 1 aliphatic rings. The fourth-order valence-corrected chi connectivity index (χ4v) is 6.52. The Morgan fingerprint density at radius 2 is 1.86 bits per heavy atom. The topological polar surface area (TPSA) is 152 Å². The van der Waals surface area contributed by atoms with Crippen molar-refractivity contribution >= 4 is 21.6 Å². The average molecular weight is 607 g/mol. The lowest BCUT2D eigenvalue weighted by atomic mass is 10.0. The molecule has 1 heterocycles. The SMILES string of the molecule is COCCN(CC(=O)N[C@@H](Cc1ccccc1)[C@H](O)CN(CC(C)C)S(=O)(=O)c1ccc([N+](=O)[O-])cc1)[C@@H]1CCOC1. The van der Waals surface area contributed by atoms with Gasteiger partial charge < -0.3 is 19.9 Å². The summed E-state index contributed by atoms with van der Waals surface area (Å²) in [5.74, 6) is -0.373. The van der Waals surface area contributed by atoms with Crippen LogP contribution in [-0.2, 0) is 30.7 Å². The van der Waals surface area contributed by atoms with Crippen molar-refractivity contribution in [3.05, 3.63) is 70.3 Å². The summed E-state index contributed by atoms with van der Waals surface area (Å²) in [4.78, 5) is 25.7. The molecule has 3 rings (SSSR count). The lowest BCUT2D eigenvalue weighted by molar-refractivity contribution is -0.384. The fraction of sp³-hybridized carbons (Fsp3) is 0.552. The van der Waals surface area contributed by atoms with Crippen LogP contribution in [-0.4, -0.2) is 105 Å². The zero-order chi connectivity index (χ0) is 30.7. The molecule has 12 nitrogen and oxygen atoms in total. The molecule has 0 spiro atoms. The number of ether oxygens (including phenoxy) is 2. The van der Waals surface area contributed by atoms with Crippen molar-refractivity contribution in [2.45, 2.75) is 49.8 Å². The molecule has 1 saturated heterocycles. The van der Waals surface area contributed by atoms with Gasteiger partial charge in [0, 0.05) is 51.5 Å². The van der Waals surface area contributed by atoms with E-state index in [1.807, 2.05) is 49.1 Å². The van der Waals surface area contributed by atoms with Gasteiger partial charge in [0.25, 0.3) is 5.69 Å². The molecule has 3 atom stereocenters. The van der Waals surface area contributed by atoms with E-state index in [1.54, 1.807) is 7.11 Å². The highest BCUT2D eigenvalue weighted by molar-refractivity contribution is 7.89. The molecule has 2 aromatic carbocycles. The predicted molar refractivity (Wildman–Crippen MR) is 157 cm³/mol. The van der Waals surface area contributed by atoms with Crippen LogP contribution >= 0.6 is 0 Å². The zero-order valence-electron chi connectivity index (χ0n) is 24.4. The van der Waals surface area contributed by atoms with Crippen molar-refractivity contribution in [3.63, 3.8) is 0 Å². The number of nitro groups is 1. The molecule has 0 unspecified atom stereocenters. The molecular weight excluding hydrogens is 564 g/mol. The summed E-state index contributed by atoms with van der Waals surface area (Å²) < 4.78 is 39.1. The third kappa shape index (κ3) is 9.82. The number of amides is 1. The van der Waals surface area contributed by atoms with E-state index >= 15 is 0 Å². The van der Waals surface area contributed by atoms with Gasteiger partial charge in [0.2, 0.25) is 15.9 Å². The third-order valence-corrected chi connectivity index (χ3v) is 8.95. The Labute approximate surface area is 247 Å². The van der Waals surface area contributed by atoms with Gasteiger partial charge in [-0.3, -0.25) is 19.8 Å². The Bertz CT molecular complexity index is 1240. The number of non-ortho nitro benzene ring substituents is 1. The van der Waals surface area contributed by atoms with E-state index in [0.717, 1.165) is 24.1 Å². The number of carbonyl (C=O) groups excluding carboxylic acids is 1. The van der Waals surface area contributed by atoms with E-state index in [4.69, 9.17) is 9.47 Å². The van der Waals surface area contributed by atoms with E-state index < -0.39 is 27.1 Å². The average Bonchev–Trinajstić information content (AvgIpc) is 3.50. The van der Waals surface area contributed by atoms with Crippen molar-refractivity contribution in [1.82, 2.24) is 14.5 Å². The summed E-state index contributed by atoms with van der Waals surface area (Å²) in [7, 11) is -2.51. The van der Waals surface area contributed by atoms with Crippen LogP contribution in [0, 0.1) is 16.0 Å². The number of aliphatic hydroxyl groups is 1. The molecule has 0 saturated carbocycles. The number of rotatable bonds is 17. The number of nitrogens with one attached hydrogen (secondary N) is 1. The van der Waals surface area contributed by atoms with Crippen molar-refractivity contribution < 1.29 is 32.7 Å². The van der Waals surface area contributed by atoms with Crippen LogP contribution in [0.4, 0.5) is 5.69 Å². The van der Waals surface area contributed by atoms with Crippen LogP contribution in [0.25, 0.3) is 0 Å². The highest BCUT2D eigenvalue weighted by Crippen LogP contribution is 2.22. The van der Waals surface area contributed by atoms with Crippen molar-refractivity contribution in [1.29, 1.82) is 0 Å². The minimum Gasteiger partial charge on any atom is -0.390 e. The second-order valence-electron chi connectivity index (χ2n) is 10.9. The normalized spacial score (nSPS) is 17.1. The standard InChI is InChI=1S/C29H42N4O8S/c1-22(2)18-32(42(38,39)26-11-9-24(10-12-26)33(36)37)19-28(34)27(17-23-7-5-4-6-8-23)30-29(35)20-31(14-16-40-3)25-13-15-41-21-25/h4-12,22,25,27-28,34H,13-21H2,1-3H3,(H,30,35)/t25-,27+,28-/m1/s1. The van der Waals surface area contributed by atoms with Gasteiger partial charge in [-0.25, -0.2) is 8.42 Å². The molecule has 13 heteroatoms. The van der Waals surface area contributed by atoms with Gasteiger partial charge in [-0.1, -0.05) is 44.2 Å². The Kier molecular flexibility index (Phi) is 12.8. The van der Waals surface area contributed by atoms with E-state index in [-0.39, 0.29) is 54.5 Å². The molecule has 1 fully saturated rings. The summed E-state index contributed by atoms with van der Waals surface area (Å²) in [5.41, 5.74) is 0.648. The number of carbonyl (C=O) groups is 1.